The first-order valence-corrected chi connectivity index (χ1v) is 0. The summed E-state index contributed by atoms with van der Waals surface area (Å²) in [5, 5.41) is 0. The van der Waals surface area contributed by atoms with E-state index in [0.29, 0.717) is 0 Å². The molecule has 4 heteroatoms. The Hall–Kier alpha value is 3.82. The molecule has 0 fully saturated rings. The molecule has 0 aliphatic carbocycles. The van der Waals surface area contributed by atoms with Crippen molar-refractivity contribution < 1.29 is 8.56 Å². The van der Waals surface area contributed by atoms with Crippen LogP contribution in [0.2, 0.25) is 0 Å². The molecule has 0 aliphatic heterocycles. The normalized spacial score (nSPS) is 0. The fraction of sp³-hybridized carbons (Fsp3) is 0. The molecule has 0 amide bonds. The summed E-state index contributed by atoms with van der Waals surface area (Å²) in [6.07, 6.45) is 0. The van der Waals surface area contributed by atoms with Gasteiger partial charge in [0.2, 0.25) is 0 Å². The second kappa shape index (κ2) is 15.8. The smallest absolute Gasteiger partial charge is 1.00 e. The monoisotopic (exact) mass is 140 g/mol. The first kappa shape index (κ1) is 24.9. The van der Waals surface area contributed by atoms with Gasteiger partial charge in [-0.15, -0.1) is 0 Å². The quantitative estimate of drug-likeness (QED) is 0.354. The van der Waals surface area contributed by atoms with Crippen molar-refractivity contribution in [3.05, 3.63) is 0 Å². The van der Waals surface area contributed by atoms with Gasteiger partial charge in [-0.2, -0.15) is 0 Å². The van der Waals surface area contributed by atoms with Gasteiger partial charge in [0.05, 0.1) is 0 Å². The van der Waals surface area contributed by atoms with Crippen molar-refractivity contribution in [2.24, 2.45) is 0 Å². The Morgan fingerprint density at radius 3 is 1.00 bits per heavy atom. The topological polar surface area (TPSA) is 0 Å². The molecule has 18 valence electrons. The van der Waals surface area contributed by atoms with E-state index in [2.05, 4.69) is 0 Å². The molecule has 4 heavy (non-hydrogen) atoms. The molecule has 0 aromatic carbocycles. The predicted molar refractivity (Wildman–Crippen MR) is 33.9 cm³/mol. The van der Waals surface area contributed by atoms with Gasteiger partial charge >= 0.3 is 98.5 Å². The van der Waals surface area contributed by atoms with Crippen LogP contribution in [0.4, 0.5) is 0 Å². The summed E-state index contributed by atoms with van der Waals surface area (Å²) < 4.78 is 0. The van der Waals surface area contributed by atoms with Crippen molar-refractivity contribution in [1.82, 2.24) is 0 Å². The van der Waals surface area contributed by atoms with Crippen LogP contribution in [0.5, 0.6) is 0 Å². The van der Waals surface area contributed by atoms with Gasteiger partial charge in [0.15, 0.2) is 17.4 Å². The van der Waals surface area contributed by atoms with Crippen LogP contribution in [0.3, 0.4) is 0 Å². The van der Waals surface area contributed by atoms with Gasteiger partial charge in [-0.05, 0) is 0 Å². The average molecular weight is 141 g/mol. The van der Waals surface area contributed by atoms with Gasteiger partial charge in [0.1, 0.15) is 0 Å². The number of hydrogen-bond donors (Lipinski definition) is 0. The van der Waals surface area contributed by atoms with Crippen LogP contribution in [0.25, 0.3) is 0 Å². The van der Waals surface area contributed by atoms with E-state index in [1.807, 2.05) is 0 Å². The first-order chi connectivity index (χ1) is 0. The molecule has 0 rings (SSSR count). The molecule has 0 bridgehead atoms. The van der Waals surface area contributed by atoms with Crippen LogP contribution in [-0.2, 0) is 0 Å². The van der Waals surface area contributed by atoms with Gasteiger partial charge in [0.25, 0.3) is 0 Å². The van der Waals surface area contributed by atoms with Crippen LogP contribution in [0.1, 0.15) is 8.56 Å². The van der Waals surface area contributed by atoms with Crippen LogP contribution < -0.4 is 0 Å². The Kier molecular flexibility index (Phi) is 98.7. The maximum atomic E-state index is 0. The third kappa shape index (κ3) is 9.26. The third-order valence-electron chi connectivity index (χ3n) is 0. The van der Waals surface area contributed by atoms with E-state index in [1.165, 1.54) is 0 Å². The van der Waals surface area contributed by atoms with E-state index >= 15 is 0 Å². The van der Waals surface area contributed by atoms with Crippen molar-refractivity contribution in [2.75, 3.05) is 0 Å². The Balaban J connectivity index is 0. The molecule has 0 nitrogen and oxygen atoms in total. The molecular formula is H9AlCa2Mg. The SMILES string of the molecule is [AlH3].[Ca+2].[Ca+2].[H-].[H-].[H-].[H-].[H-].[H-].[Mg+2]. The second-order valence-corrected chi connectivity index (χ2v) is 0. The molecular weight excluding hydrogens is 131 g/mol. The zero-order valence-corrected chi connectivity index (χ0v) is 7.95. The Labute approximate surface area is 122 Å². The zero-order valence-electron chi connectivity index (χ0n) is 8.12. The van der Waals surface area contributed by atoms with Crippen LogP contribution in [0.15, 0.2) is 0 Å². The zero-order chi connectivity index (χ0) is 0. The van der Waals surface area contributed by atoms with Gasteiger partial charge in [0, 0.05) is 0 Å². The molecule has 0 spiro atoms. The minimum absolute atomic E-state index is 0. The molecule has 0 radical (unpaired) electrons. The van der Waals surface area contributed by atoms with Gasteiger partial charge in [-0.1, -0.05) is 0 Å². The van der Waals surface area contributed by atoms with Crippen molar-refractivity contribution in [3.63, 3.8) is 0 Å². The number of rotatable bonds is 0. The predicted octanol–water partition coefficient (Wildman–Crippen LogP) is -1.65. The minimum Gasteiger partial charge on any atom is -1.00 e. The standard InChI is InChI=1S/Al.2Ca.Mg.9H/q;3*+2;;;;6*-1. The summed E-state index contributed by atoms with van der Waals surface area (Å²) in [5.74, 6) is 0. The Morgan fingerprint density at radius 2 is 1.00 bits per heavy atom. The van der Waals surface area contributed by atoms with E-state index in [4.69, 9.17) is 0 Å². The summed E-state index contributed by atoms with van der Waals surface area (Å²) in [5.41, 5.74) is 0. The molecule has 0 atom stereocenters. The maximum absolute atomic E-state index is 0. The minimum atomic E-state index is 0. The summed E-state index contributed by atoms with van der Waals surface area (Å²) in [6, 6.07) is 0. The summed E-state index contributed by atoms with van der Waals surface area (Å²) in [7, 11) is 0. The van der Waals surface area contributed by atoms with Crippen molar-refractivity contribution in [2.45, 2.75) is 0 Å². The van der Waals surface area contributed by atoms with Crippen molar-refractivity contribution in [3.8, 4) is 0 Å². The van der Waals surface area contributed by atoms with Gasteiger partial charge < -0.3 is 8.56 Å². The first-order valence-electron chi connectivity index (χ1n) is 0. The molecule has 0 aromatic heterocycles. The molecule has 0 heterocycles. The van der Waals surface area contributed by atoms with Crippen LogP contribution in [0, 0.1) is 0 Å². The van der Waals surface area contributed by atoms with E-state index in [0.717, 1.165) is 0 Å². The Morgan fingerprint density at radius 1 is 1.00 bits per heavy atom. The second-order valence-electron chi connectivity index (χ2n) is 0. The fourth-order valence-corrected chi connectivity index (χ4v) is 0. The van der Waals surface area contributed by atoms with Crippen molar-refractivity contribution in [1.29, 1.82) is 0 Å². The summed E-state index contributed by atoms with van der Waals surface area (Å²) >= 11 is 0. The van der Waals surface area contributed by atoms with Crippen LogP contribution >= 0.6 is 0 Å². The molecule has 0 aromatic rings. The molecule has 0 saturated heterocycles. The largest absolute Gasteiger partial charge is 2.00 e. The van der Waals surface area contributed by atoms with E-state index in [1.54, 1.807) is 0 Å². The molecule has 0 unspecified atom stereocenters. The van der Waals surface area contributed by atoms with E-state index in [-0.39, 0.29) is 124 Å². The summed E-state index contributed by atoms with van der Waals surface area (Å²) in [6.45, 7) is 0. The van der Waals surface area contributed by atoms with Gasteiger partial charge in [-0.3, -0.25) is 0 Å². The van der Waals surface area contributed by atoms with E-state index < -0.39 is 0 Å². The van der Waals surface area contributed by atoms with Crippen LogP contribution in [-0.4, -0.2) is 116 Å². The third-order valence-corrected chi connectivity index (χ3v) is 0. The Bertz CT molecular complexity index is 15.7. The fourth-order valence-electron chi connectivity index (χ4n) is 0. The molecule has 0 aliphatic rings. The van der Waals surface area contributed by atoms with E-state index in [9.17, 15) is 0 Å². The molecule has 0 N–H and O–H groups in total. The number of hydrogen-bond acceptors (Lipinski definition) is 0. The maximum Gasteiger partial charge on any atom is 2.00 e. The van der Waals surface area contributed by atoms with Gasteiger partial charge in [-0.25, -0.2) is 0 Å². The van der Waals surface area contributed by atoms with Crippen molar-refractivity contribution >= 4 is 116 Å². The average Bonchev–Trinajstić information content (AvgIpc) is 0. The molecule has 0 saturated carbocycles. The summed E-state index contributed by atoms with van der Waals surface area (Å²) in [4.78, 5) is 0.